The number of hydrogen-bond donors (Lipinski definition) is 2. The number of amides is 1. The predicted molar refractivity (Wildman–Crippen MR) is 81.0 cm³/mol. The number of aryl methyl sites for hydroxylation is 2. The maximum Gasteiger partial charge on any atom is 0.313 e. The largest absolute Gasteiger partial charge is 0.481 e. The number of carbonyl (C=O) groups is 2. The second-order valence-electron chi connectivity index (χ2n) is 5.61. The number of carbonyl (C=O) groups excluding carboxylic acids is 1. The van der Waals surface area contributed by atoms with E-state index in [0.29, 0.717) is 22.8 Å². The molecule has 1 heterocycles. The zero-order chi connectivity index (χ0) is 16.5. The molecule has 1 amide bonds. The normalized spacial score (nSPS) is 11.3. The van der Waals surface area contributed by atoms with E-state index in [1.54, 1.807) is 52.0 Å². The summed E-state index contributed by atoms with van der Waals surface area (Å²) in [6, 6.07) is 6.69. The van der Waals surface area contributed by atoms with Gasteiger partial charge in [-0.25, -0.2) is 4.98 Å². The zero-order valence-electron chi connectivity index (χ0n) is 12.9. The molecule has 0 aliphatic carbocycles. The summed E-state index contributed by atoms with van der Waals surface area (Å²) < 4.78 is 5.26. The Balaban J connectivity index is 2.17. The smallest absolute Gasteiger partial charge is 0.313 e. The molecule has 0 radical (unpaired) electrons. The van der Waals surface area contributed by atoms with Crippen LogP contribution in [0.5, 0.6) is 0 Å². The summed E-state index contributed by atoms with van der Waals surface area (Å²) in [6.45, 7) is 6.63. The Morgan fingerprint density at radius 2 is 1.77 bits per heavy atom. The van der Waals surface area contributed by atoms with E-state index in [1.165, 1.54) is 0 Å². The number of carboxylic acid groups (broad SMARTS) is 1. The number of benzene rings is 1. The summed E-state index contributed by atoms with van der Waals surface area (Å²) in [5.41, 5.74) is 0.757. The van der Waals surface area contributed by atoms with Gasteiger partial charge in [-0.15, -0.1) is 0 Å². The van der Waals surface area contributed by atoms with Gasteiger partial charge in [0.25, 0.3) is 5.91 Å². The number of hydrogen-bond acceptors (Lipinski definition) is 4. The molecule has 2 aromatic rings. The maximum atomic E-state index is 12.1. The first-order valence-corrected chi connectivity index (χ1v) is 6.81. The monoisotopic (exact) mass is 302 g/mol. The highest BCUT2D eigenvalue weighted by atomic mass is 16.4. The van der Waals surface area contributed by atoms with Crippen molar-refractivity contribution in [2.45, 2.75) is 33.1 Å². The van der Waals surface area contributed by atoms with Gasteiger partial charge in [-0.2, -0.15) is 0 Å². The molecule has 6 nitrogen and oxygen atoms in total. The van der Waals surface area contributed by atoms with E-state index in [1.807, 2.05) is 0 Å². The molecule has 2 N–H and O–H groups in total. The summed E-state index contributed by atoms with van der Waals surface area (Å²) in [5.74, 6) is -0.686. The summed E-state index contributed by atoms with van der Waals surface area (Å²) >= 11 is 0. The Morgan fingerprint density at radius 3 is 2.23 bits per heavy atom. The Labute approximate surface area is 128 Å². The van der Waals surface area contributed by atoms with Gasteiger partial charge in [0.15, 0.2) is 5.89 Å². The maximum absolute atomic E-state index is 12.1. The average molecular weight is 302 g/mol. The van der Waals surface area contributed by atoms with Gasteiger partial charge < -0.3 is 14.8 Å². The lowest BCUT2D eigenvalue weighted by molar-refractivity contribution is -0.142. The molecule has 2 rings (SSSR count). The summed E-state index contributed by atoms with van der Waals surface area (Å²) in [7, 11) is 0. The van der Waals surface area contributed by atoms with E-state index in [2.05, 4.69) is 10.3 Å². The lowest BCUT2D eigenvalue weighted by Crippen LogP contribution is -2.28. The number of nitrogens with zero attached hydrogens (tertiary/aromatic N) is 1. The molecule has 0 unspecified atom stereocenters. The van der Waals surface area contributed by atoms with Crippen molar-refractivity contribution >= 4 is 17.6 Å². The molecule has 0 saturated carbocycles. The van der Waals surface area contributed by atoms with E-state index in [-0.39, 0.29) is 11.7 Å². The van der Waals surface area contributed by atoms with Gasteiger partial charge in [0.2, 0.25) is 5.76 Å². The molecule has 0 aliphatic rings. The van der Waals surface area contributed by atoms with E-state index in [4.69, 9.17) is 4.42 Å². The van der Waals surface area contributed by atoms with Crippen molar-refractivity contribution in [1.82, 2.24) is 4.98 Å². The molecule has 0 saturated heterocycles. The van der Waals surface area contributed by atoms with Crippen LogP contribution in [-0.2, 0) is 10.2 Å². The van der Waals surface area contributed by atoms with Crippen molar-refractivity contribution in [2.24, 2.45) is 0 Å². The molecule has 0 bridgehead atoms. The number of aromatic nitrogens is 1. The van der Waals surface area contributed by atoms with E-state index in [0.717, 1.165) is 0 Å². The zero-order valence-corrected chi connectivity index (χ0v) is 12.9. The van der Waals surface area contributed by atoms with E-state index >= 15 is 0 Å². The van der Waals surface area contributed by atoms with Crippen molar-refractivity contribution < 1.29 is 19.1 Å². The van der Waals surface area contributed by atoms with Crippen molar-refractivity contribution in [2.75, 3.05) is 5.32 Å². The fourth-order valence-electron chi connectivity index (χ4n) is 2.02. The molecule has 0 spiro atoms. The minimum atomic E-state index is -0.985. The number of aliphatic carboxylic acids is 1. The Hall–Kier alpha value is -2.63. The lowest BCUT2D eigenvalue weighted by Gasteiger charge is -2.19. The molecule has 0 aliphatic heterocycles. The van der Waals surface area contributed by atoms with Crippen molar-refractivity contribution in [3.05, 3.63) is 47.2 Å². The van der Waals surface area contributed by atoms with Crippen LogP contribution in [0.25, 0.3) is 0 Å². The Bertz CT molecular complexity index is 714. The molecule has 1 aromatic carbocycles. The van der Waals surface area contributed by atoms with Gasteiger partial charge in [0.1, 0.15) is 0 Å². The molecule has 0 atom stereocenters. The highest BCUT2D eigenvalue weighted by molar-refractivity contribution is 6.02. The molecule has 116 valence electrons. The van der Waals surface area contributed by atoms with Gasteiger partial charge in [-0.05, 0) is 38.5 Å². The predicted octanol–water partition coefficient (Wildman–Crippen LogP) is 2.91. The third-order valence-corrected chi connectivity index (χ3v) is 3.51. The van der Waals surface area contributed by atoms with Gasteiger partial charge in [0, 0.05) is 12.6 Å². The Kier molecular flexibility index (Phi) is 4.03. The highest BCUT2D eigenvalue weighted by Gasteiger charge is 2.29. The number of oxazole rings is 1. The first-order valence-electron chi connectivity index (χ1n) is 6.81. The van der Waals surface area contributed by atoms with Crippen LogP contribution in [-0.4, -0.2) is 22.0 Å². The van der Waals surface area contributed by atoms with Gasteiger partial charge in [-0.1, -0.05) is 12.1 Å². The van der Waals surface area contributed by atoms with Gasteiger partial charge in [0.05, 0.1) is 11.1 Å². The second-order valence-corrected chi connectivity index (χ2v) is 5.61. The van der Waals surface area contributed by atoms with Crippen molar-refractivity contribution in [3.8, 4) is 0 Å². The minimum absolute atomic E-state index is 0.174. The fraction of sp³-hybridized carbons (Fsp3) is 0.312. The Morgan fingerprint density at radius 1 is 1.18 bits per heavy atom. The summed E-state index contributed by atoms with van der Waals surface area (Å²) in [4.78, 5) is 27.4. The van der Waals surface area contributed by atoms with Crippen LogP contribution in [0.2, 0.25) is 0 Å². The summed E-state index contributed by atoms with van der Waals surface area (Å²) in [6.07, 6.45) is 0. The van der Waals surface area contributed by atoms with Crippen LogP contribution in [0, 0.1) is 13.8 Å². The van der Waals surface area contributed by atoms with Gasteiger partial charge in [-0.3, -0.25) is 9.59 Å². The second kappa shape index (κ2) is 5.63. The van der Waals surface area contributed by atoms with Crippen molar-refractivity contribution in [3.63, 3.8) is 0 Å². The average Bonchev–Trinajstić information content (AvgIpc) is 2.78. The summed E-state index contributed by atoms with van der Waals surface area (Å²) in [5, 5.41) is 11.9. The molecule has 0 fully saturated rings. The van der Waals surface area contributed by atoms with Crippen LogP contribution < -0.4 is 5.32 Å². The molecular formula is C16H18N2O4. The topological polar surface area (TPSA) is 92.4 Å². The van der Waals surface area contributed by atoms with Crippen LogP contribution in [0.1, 0.15) is 41.6 Å². The number of anilines is 1. The minimum Gasteiger partial charge on any atom is -0.481 e. The number of nitrogens with one attached hydrogen (secondary N) is 1. The van der Waals surface area contributed by atoms with Crippen molar-refractivity contribution in [1.29, 1.82) is 0 Å². The first kappa shape index (κ1) is 15.8. The lowest BCUT2D eigenvalue weighted by atomic mass is 9.85. The molecular weight excluding hydrogens is 284 g/mol. The SMILES string of the molecule is Cc1nc(C)c(C(=O)Nc2ccc(C(C)(C)C(=O)O)cc2)o1. The number of rotatable bonds is 4. The van der Waals surface area contributed by atoms with Crippen LogP contribution in [0.4, 0.5) is 5.69 Å². The molecule has 22 heavy (non-hydrogen) atoms. The quantitative estimate of drug-likeness (QED) is 0.906. The van der Waals surface area contributed by atoms with Gasteiger partial charge >= 0.3 is 5.97 Å². The third kappa shape index (κ3) is 3.00. The third-order valence-electron chi connectivity index (χ3n) is 3.51. The standard InChI is InChI=1S/C16H18N2O4/c1-9-13(22-10(2)17-9)14(19)18-12-7-5-11(6-8-12)16(3,4)15(20)21/h5-8H,1-4H3,(H,18,19)(H,20,21). The van der Waals surface area contributed by atoms with E-state index < -0.39 is 11.4 Å². The molecule has 6 heteroatoms. The van der Waals surface area contributed by atoms with Crippen LogP contribution in [0.15, 0.2) is 28.7 Å². The van der Waals surface area contributed by atoms with Crippen LogP contribution in [0.3, 0.4) is 0 Å². The molecule has 1 aromatic heterocycles. The number of carboxylic acids is 1. The first-order chi connectivity index (χ1) is 10.2. The fourth-order valence-corrected chi connectivity index (χ4v) is 2.02. The highest BCUT2D eigenvalue weighted by Crippen LogP contribution is 2.25. The van der Waals surface area contributed by atoms with Crippen LogP contribution >= 0.6 is 0 Å². The van der Waals surface area contributed by atoms with E-state index in [9.17, 15) is 14.7 Å².